The lowest BCUT2D eigenvalue weighted by atomic mass is 10.0. The van der Waals surface area contributed by atoms with Crippen molar-refractivity contribution in [1.29, 1.82) is 0 Å². The smallest absolute Gasteiger partial charge is 0.240 e. The summed E-state index contributed by atoms with van der Waals surface area (Å²) in [6, 6.07) is 12.3. The van der Waals surface area contributed by atoms with Crippen LogP contribution in [0.25, 0.3) is 0 Å². The Balaban J connectivity index is 2.24. The molecule has 6 heteroatoms. The van der Waals surface area contributed by atoms with Gasteiger partial charge in [0.2, 0.25) is 10.0 Å². The summed E-state index contributed by atoms with van der Waals surface area (Å²) in [6.45, 7) is 6.59. The third-order valence-corrected chi connectivity index (χ3v) is 5.26. The third-order valence-electron chi connectivity index (χ3n) is 3.86. The lowest BCUT2D eigenvalue weighted by Gasteiger charge is -2.15. The molecule has 0 unspecified atom stereocenters. The molecule has 0 saturated heterocycles. The van der Waals surface area contributed by atoms with Gasteiger partial charge >= 0.3 is 0 Å². The summed E-state index contributed by atoms with van der Waals surface area (Å²) in [5.41, 5.74) is 1.66. The highest BCUT2D eigenvalue weighted by Gasteiger charge is 2.18. The van der Waals surface area contributed by atoms with E-state index >= 15 is 0 Å². The van der Waals surface area contributed by atoms with Crippen LogP contribution in [0, 0.1) is 0 Å². The Morgan fingerprint density at radius 1 is 1.08 bits per heavy atom. The standard InChI is InChI=1S/C19H25NO4S/c1-5-24-18-9-7-6-8-15(18)13-20-25(21,22)16-10-11-19(23-4)17(12-16)14(2)3/h6-12,14,20H,5,13H2,1-4H3. The molecule has 0 aliphatic rings. The Bertz CT molecular complexity index is 816. The zero-order valence-corrected chi connectivity index (χ0v) is 15.9. The second-order valence-electron chi connectivity index (χ2n) is 5.92. The number of hydrogen-bond donors (Lipinski definition) is 1. The van der Waals surface area contributed by atoms with E-state index in [1.807, 2.05) is 45.0 Å². The number of benzene rings is 2. The number of nitrogens with one attached hydrogen (secondary N) is 1. The van der Waals surface area contributed by atoms with Crippen LogP contribution in [-0.2, 0) is 16.6 Å². The van der Waals surface area contributed by atoms with Crippen molar-refractivity contribution in [3.8, 4) is 11.5 Å². The van der Waals surface area contributed by atoms with Gasteiger partial charge in [-0.2, -0.15) is 0 Å². The first-order valence-corrected chi connectivity index (χ1v) is 9.75. The fourth-order valence-electron chi connectivity index (χ4n) is 2.53. The molecule has 1 N–H and O–H groups in total. The van der Waals surface area contributed by atoms with Gasteiger partial charge in [0, 0.05) is 12.1 Å². The molecule has 0 aliphatic heterocycles. The Hall–Kier alpha value is -2.05. The van der Waals surface area contributed by atoms with Gasteiger partial charge < -0.3 is 9.47 Å². The van der Waals surface area contributed by atoms with E-state index in [-0.39, 0.29) is 17.4 Å². The molecule has 136 valence electrons. The average molecular weight is 363 g/mol. The van der Waals surface area contributed by atoms with E-state index in [1.165, 1.54) is 0 Å². The van der Waals surface area contributed by atoms with Crippen molar-refractivity contribution in [2.24, 2.45) is 0 Å². The highest BCUT2D eigenvalue weighted by molar-refractivity contribution is 7.89. The summed E-state index contributed by atoms with van der Waals surface area (Å²) in [7, 11) is -2.05. The summed E-state index contributed by atoms with van der Waals surface area (Å²) in [4.78, 5) is 0.228. The van der Waals surface area contributed by atoms with E-state index in [1.54, 1.807) is 25.3 Å². The lowest BCUT2D eigenvalue weighted by Crippen LogP contribution is -2.23. The van der Waals surface area contributed by atoms with Crippen LogP contribution in [0.15, 0.2) is 47.4 Å². The Kier molecular flexibility index (Phi) is 6.45. The van der Waals surface area contributed by atoms with Crippen LogP contribution in [0.2, 0.25) is 0 Å². The summed E-state index contributed by atoms with van der Waals surface area (Å²) in [6.07, 6.45) is 0. The number of ether oxygens (including phenoxy) is 2. The van der Waals surface area contributed by atoms with Gasteiger partial charge in [-0.15, -0.1) is 0 Å². The first-order chi connectivity index (χ1) is 11.9. The van der Waals surface area contributed by atoms with Crippen molar-refractivity contribution in [3.63, 3.8) is 0 Å². The van der Waals surface area contributed by atoms with Gasteiger partial charge in [-0.05, 0) is 42.7 Å². The molecule has 0 amide bonds. The van der Waals surface area contributed by atoms with Crippen molar-refractivity contribution in [1.82, 2.24) is 4.72 Å². The summed E-state index contributed by atoms with van der Waals surface area (Å²) < 4.78 is 38.8. The Morgan fingerprint density at radius 2 is 1.80 bits per heavy atom. The Morgan fingerprint density at radius 3 is 2.44 bits per heavy atom. The number of hydrogen-bond acceptors (Lipinski definition) is 4. The Labute approximate surface area is 150 Å². The maximum absolute atomic E-state index is 12.7. The molecule has 0 bridgehead atoms. The first kappa shape index (κ1) is 19.3. The average Bonchev–Trinajstić information content (AvgIpc) is 2.60. The predicted molar refractivity (Wildman–Crippen MR) is 98.7 cm³/mol. The number of para-hydroxylation sites is 1. The minimum absolute atomic E-state index is 0.156. The van der Waals surface area contributed by atoms with Gasteiger partial charge in [0.1, 0.15) is 11.5 Å². The lowest BCUT2D eigenvalue weighted by molar-refractivity contribution is 0.336. The van der Waals surface area contributed by atoms with Crippen LogP contribution >= 0.6 is 0 Å². The van der Waals surface area contributed by atoms with Gasteiger partial charge in [-0.1, -0.05) is 32.0 Å². The zero-order chi connectivity index (χ0) is 18.4. The molecule has 0 aliphatic carbocycles. The van der Waals surface area contributed by atoms with E-state index in [0.29, 0.717) is 18.1 Å². The van der Waals surface area contributed by atoms with Crippen LogP contribution in [-0.4, -0.2) is 22.1 Å². The molecule has 2 aromatic rings. The molecular weight excluding hydrogens is 338 g/mol. The van der Waals surface area contributed by atoms with E-state index in [2.05, 4.69) is 4.72 Å². The van der Waals surface area contributed by atoms with Crippen LogP contribution in [0.5, 0.6) is 11.5 Å². The molecule has 0 aromatic heterocycles. The number of methoxy groups -OCH3 is 1. The van der Waals surface area contributed by atoms with Gasteiger partial charge in [-0.25, -0.2) is 13.1 Å². The molecule has 0 fully saturated rings. The summed E-state index contributed by atoms with van der Waals surface area (Å²) in [5.74, 6) is 1.53. The first-order valence-electron chi connectivity index (χ1n) is 8.27. The molecule has 2 rings (SSSR count). The molecule has 0 radical (unpaired) electrons. The molecular formula is C19H25NO4S. The zero-order valence-electron chi connectivity index (χ0n) is 15.1. The largest absolute Gasteiger partial charge is 0.496 e. The fraction of sp³-hybridized carbons (Fsp3) is 0.368. The molecule has 0 saturated carbocycles. The number of rotatable bonds is 8. The van der Waals surface area contributed by atoms with E-state index in [0.717, 1.165) is 11.1 Å². The molecule has 25 heavy (non-hydrogen) atoms. The summed E-state index contributed by atoms with van der Waals surface area (Å²) >= 11 is 0. The summed E-state index contributed by atoms with van der Waals surface area (Å²) in [5, 5.41) is 0. The highest BCUT2D eigenvalue weighted by Crippen LogP contribution is 2.29. The SMILES string of the molecule is CCOc1ccccc1CNS(=O)(=O)c1ccc(OC)c(C(C)C)c1. The van der Waals surface area contributed by atoms with Crippen molar-refractivity contribution in [2.75, 3.05) is 13.7 Å². The fourth-order valence-corrected chi connectivity index (χ4v) is 3.57. The second kappa shape index (κ2) is 8.36. The molecule has 0 atom stereocenters. The quantitative estimate of drug-likeness (QED) is 0.777. The predicted octanol–water partition coefficient (Wildman–Crippen LogP) is 3.70. The van der Waals surface area contributed by atoms with E-state index in [9.17, 15) is 8.42 Å². The molecule has 2 aromatic carbocycles. The van der Waals surface area contributed by atoms with Gasteiger partial charge in [0.05, 0.1) is 18.6 Å². The van der Waals surface area contributed by atoms with E-state index in [4.69, 9.17) is 9.47 Å². The number of sulfonamides is 1. The van der Waals surface area contributed by atoms with Crippen molar-refractivity contribution in [3.05, 3.63) is 53.6 Å². The topological polar surface area (TPSA) is 64.6 Å². The maximum Gasteiger partial charge on any atom is 0.240 e. The molecule has 0 spiro atoms. The third kappa shape index (κ3) is 4.74. The monoisotopic (exact) mass is 363 g/mol. The van der Waals surface area contributed by atoms with Gasteiger partial charge in [0.25, 0.3) is 0 Å². The van der Waals surface area contributed by atoms with Gasteiger partial charge in [0.15, 0.2) is 0 Å². The highest BCUT2D eigenvalue weighted by atomic mass is 32.2. The van der Waals surface area contributed by atoms with Crippen LogP contribution in [0.1, 0.15) is 37.8 Å². The van der Waals surface area contributed by atoms with E-state index < -0.39 is 10.0 Å². The van der Waals surface area contributed by atoms with Crippen LogP contribution in [0.4, 0.5) is 0 Å². The molecule has 5 nitrogen and oxygen atoms in total. The second-order valence-corrected chi connectivity index (χ2v) is 7.69. The van der Waals surface area contributed by atoms with Crippen LogP contribution in [0.3, 0.4) is 0 Å². The minimum Gasteiger partial charge on any atom is -0.496 e. The van der Waals surface area contributed by atoms with Crippen LogP contribution < -0.4 is 14.2 Å². The maximum atomic E-state index is 12.7. The normalized spacial score (nSPS) is 11.6. The van der Waals surface area contributed by atoms with Crippen molar-refractivity contribution < 1.29 is 17.9 Å². The van der Waals surface area contributed by atoms with Gasteiger partial charge in [-0.3, -0.25) is 0 Å². The van der Waals surface area contributed by atoms with Crippen molar-refractivity contribution >= 4 is 10.0 Å². The minimum atomic E-state index is -3.63. The molecule has 0 heterocycles. The van der Waals surface area contributed by atoms with Crippen molar-refractivity contribution in [2.45, 2.75) is 38.1 Å².